The maximum atomic E-state index is 12.2. The average Bonchev–Trinajstić information content (AvgIpc) is 2.55. The van der Waals surface area contributed by atoms with Gasteiger partial charge < -0.3 is 20.1 Å². The maximum absolute atomic E-state index is 12.2. The molecule has 24 heavy (non-hydrogen) atoms. The van der Waals surface area contributed by atoms with Crippen LogP contribution < -0.4 is 10.9 Å². The molecule has 7 nitrogen and oxygen atoms in total. The number of aromatic nitrogens is 1. The molecule has 0 bridgehead atoms. The van der Waals surface area contributed by atoms with E-state index in [9.17, 15) is 19.5 Å². The molecular weight excluding hydrogens is 312 g/mol. The van der Waals surface area contributed by atoms with Gasteiger partial charge >= 0.3 is 5.97 Å². The van der Waals surface area contributed by atoms with E-state index in [1.807, 2.05) is 6.92 Å². The lowest BCUT2D eigenvalue weighted by Crippen LogP contribution is -2.17. The molecule has 0 spiro atoms. The summed E-state index contributed by atoms with van der Waals surface area (Å²) in [5.74, 6) is -1.64. The number of nitrogens with one attached hydrogen (secondary N) is 2. The lowest BCUT2D eigenvalue weighted by molar-refractivity contribution is 0.0501. The van der Waals surface area contributed by atoms with Gasteiger partial charge in [0, 0.05) is 12.3 Å². The van der Waals surface area contributed by atoms with Crippen molar-refractivity contribution in [3.63, 3.8) is 0 Å². The Morgan fingerprint density at radius 2 is 2.00 bits per heavy atom. The predicted octanol–water partition coefficient (Wildman–Crippen LogP) is 2.29. The van der Waals surface area contributed by atoms with Crippen LogP contribution in [0.1, 0.15) is 40.5 Å². The van der Waals surface area contributed by atoms with Crippen LogP contribution in [0.5, 0.6) is 5.75 Å². The van der Waals surface area contributed by atoms with E-state index in [1.165, 1.54) is 6.07 Å². The lowest BCUT2D eigenvalue weighted by atomic mass is 10.1. The minimum atomic E-state index is -0.655. The Morgan fingerprint density at radius 3 is 2.71 bits per heavy atom. The zero-order valence-corrected chi connectivity index (χ0v) is 13.2. The average molecular weight is 330 g/mol. The maximum Gasteiger partial charge on any atom is 0.340 e. The number of H-pyrrole nitrogens is 1. The molecule has 0 saturated carbocycles. The third-order valence-electron chi connectivity index (χ3n) is 3.27. The molecule has 1 amide bonds. The number of carbonyl (C=O) groups excluding carboxylic acids is 2. The van der Waals surface area contributed by atoms with Crippen molar-refractivity contribution in [2.75, 3.05) is 11.9 Å². The fraction of sp³-hybridized carbons (Fsp3) is 0.235. The number of hydrogen-bond acceptors (Lipinski definition) is 5. The van der Waals surface area contributed by atoms with Gasteiger partial charge in [-0.2, -0.15) is 0 Å². The number of amides is 1. The van der Waals surface area contributed by atoms with Gasteiger partial charge in [0.2, 0.25) is 0 Å². The van der Waals surface area contributed by atoms with Crippen molar-refractivity contribution >= 4 is 17.6 Å². The Morgan fingerprint density at radius 1 is 1.25 bits per heavy atom. The quantitative estimate of drug-likeness (QED) is 0.556. The number of benzene rings is 1. The number of esters is 1. The van der Waals surface area contributed by atoms with Gasteiger partial charge in [0.1, 0.15) is 5.75 Å². The highest BCUT2D eigenvalue weighted by atomic mass is 16.5. The number of para-hydroxylation sites is 1. The first kappa shape index (κ1) is 17.3. The van der Waals surface area contributed by atoms with Crippen LogP contribution in [0.25, 0.3) is 0 Å². The SMILES string of the molecule is CCCCOC(=O)c1ccccc1NC(=O)c1c[nH]c(=O)cc1O. The molecule has 0 atom stereocenters. The standard InChI is InChI=1S/C17H18N2O5/c1-2-3-8-24-17(23)11-6-4-5-7-13(11)19-16(22)12-10-18-15(21)9-14(12)20/h4-7,9-10H,2-3,8H2,1H3,(H,19,22)(H2,18,20,21). The topological polar surface area (TPSA) is 108 Å². The van der Waals surface area contributed by atoms with Gasteiger partial charge in [-0.1, -0.05) is 25.5 Å². The van der Waals surface area contributed by atoms with Crippen molar-refractivity contribution in [2.24, 2.45) is 0 Å². The molecule has 0 fully saturated rings. The summed E-state index contributed by atoms with van der Waals surface area (Å²) in [6, 6.07) is 7.31. The normalized spacial score (nSPS) is 10.2. The largest absolute Gasteiger partial charge is 0.507 e. The van der Waals surface area contributed by atoms with Gasteiger partial charge in [-0.3, -0.25) is 9.59 Å². The number of aromatic hydroxyl groups is 1. The molecule has 0 saturated heterocycles. The molecule has 1 aromatic heterocycles. The van der Waals surface area contributed by atoms with Crippen LogP contribution >= 0.6 is 0 Å². The summed E-state index contributed by atoms with van der Waals surface area (Å²) in [7, 11) is 0. The van der Waals surface area contributed by atoms with Gasteiger partial charge in [0.25, 0.3) is 11.5 Å². The van der Waals surface area contributed by atoms with Gasteiger partial charge in [0.15, 0.2) is 0 Å². The minimum absolute atomic E-state index is 0.108. The molecule has 2 aromatic rings. The first-order valence-corrected chi connectivity index (χ1v) is 7.52. The van der Waals surface area contributed by atoms with Crippen molar-refractivity contribution in [3.8, 4) is 5.75 Å². The zero-order chi connectivity index (χ0) is 17.5. The lowest BCUT2D eigenvalue weighted by Gasteiger charge is -2.11. The Bertz CT molecular complexity index is 798. The van der Waals surface area contributed by atoms with E-state index >= 15 is 0 Å². The highest BCUT2D eigenvalue weighted by molar-refractivity contribution is 6.09. The Labute approximate surface area is 138 Å². The molecule has 7 heteroatoms. The molecule has 0 aliphatic rings. The van der Waals surface area contributed by atoms with Crippen LogP contribution in [-0.2, 0) is 4.74 Å². The first-order valence-electron chi connectivity index (χ1n) is 7.52. The van der Waals surface area contributed by atoms with E-state index in [0.717, 1.165) is 25.1 Å². The number of ether oxygens (including phenoxy) is 1. The van der Waals surface area contributed by atoms with Crippen molar-refractivity contribution in [1.82, 2.24) is 4.98 Å². The number of pyridine rings is 1. The van der Waals surface area contributed by atoms with Crippen LogP contribution in [0.2, 0.25) is 0 Å². The number of rotatable bonds is 6. The molecule has 2 rings (SSSR count). The second-order valence-electron chi connectivity index (χ2n) is 5.09. The molecule has 1 aromatic carbocycles. The Kier molecular flexibility index (Phi) is 5.73. The number of aromatic amines is 1. The van der Waals surface area contributed by atoms with Gasteiger partial charge in [-0.05, 0) is 18.6 Å². The molecule has 0 aliphatic carbocycles. The number of anilines is 1. The van der Waals surface area contributed by atoms with Crippen LogP contribution in [0.3, 0.4) is 0 Å². The van der Waals surface area contributed by atoms with E-state index in [1.54, 1.807) is 18.2 Å². The van der Waals surface area contributed by atoms with E-state index in [2.05, 4.69) is 10.3 Å². The summed E-state index contributed by atoms with van der Waals surface area (Å²) in [4.78, 5) is 37.7. The summed E-state index contributed by atoms with van der Waals surface area (Å²) in [5, 5.41) is 12.2. The Balaban J connectivity index is 2.19. The highest BCUT2D eigenvalue weighted by Crippen LogP contribution is 2.19. The minimum Gasteiger partial charge on any atom is -0.507 e. The molecule has 3 N–H and O–H groups in total. The zero-order valence-electron chi connectivity index (χ0n) is 13.2. The van der Waals surface area contributed by atoms with Crippen molar-refractivity contribution < 1.29 is 19.4 Å². The van der Waals surface area contributed by atoms with E-state index in [-0.39, 0.29) is 16.8 Å². The van der Waals surface area contributed by atoms with Crippen LogP contribution in [0.15, 0.2) is 41.3 Å². The van der Waals surface area contributed by atoms with Gasteiger partial charge in [0.05, 0.1) is 23.4 Å². The molecule has 0 unspecified atom stereocenters. The van der Waals surface area contributed by atoms with Crippen molar-refractivity contribution in [1.29, 1.82) is 0 Å². The van der Waals surface area contributed by atoms with E-state index < -0.39 is 23.2 Å². The van der Waals surface area contributed by atoms with Crippen molar-refractivity contribution in [3.05, 3.63) is 58.0 Å². The highest BCUT2D eigenvalue weighted by Gasteiger charge is 2.17. The van der Waals surface area contributed by atoms with E-state index in [0.29, 0.717) is 6.61 Å². The monoisotopic (exact) mass is 330 g/mol. The molecule has 1 heterocycles. The molecular formula is C17H18N2O5. The summed E-state index contributed by atoms with van der Waals surface area (Å²) in [5.41, 5.74) is -0.159. The van der Waals surface area contributed by atoms with Crippen LogP contribution in [0, 0.1) is 0 Å². The third kappa shape index (κ3) is 4.22. The van der Waals surface area contributed by atoms with E-state index in [4.69, 9.17) is 4.74 Å². The second kappa shape index (κ2) is 7.96. The van der Waals surface area contributed by atoms with Crippen molar-refractivity contribution in [2.45, 2.75) is 19.8 Å². The third-order valence-corrected chi connectivity index (χ3v) is 3.27. The van der Waals surface area contributed by atoms with Gasteiger partial charge in [-0.25, -0.2) is 4.79 Å². The fourth-order valence-electron chi connectivity index (χ4n) is 1.99. The van der Waals surface area contributed by atoms with Crippen LogP contribution in [0.4, 0.5) is 5.69 Å². The van der Waals surface area contributed by atoms with Crippen LogP contribution in [-0.4, -0.2) is 28.6 Å². The van der Waals surface area contributed by atoms with Gasteiger partial charge in [-0.15, -0.1) is 0 Å². The number of hydrogen-bond donors (Lipinski definition) is 3. The summed E-state index contributed by atoms with van der Waals surface area (Å²) >= 11 is 0. The number of unbranched alkanes of at least 4 members (excludes halogenated alkanes) is 1. The molecule has 126 valence electrons. The summed E-state index contributed by atoms with van der Waals surface area (Å²) in [6.45, 7) is 2.29. The first-order chi connectivity index (χ1) is 11.5. The predicted molar refractivity (Wildman–Crippen MR) is 88.3 cm³/mol. The molecule has 0 radical (unpaired) electrons. The number of carbonyl (C=O) groups is 2. The smallest absolute Gasteiger partial charge is 0.340 e. The second-order valence-corrected chi connectivity index (χ2v) is 5.09. The fourth-order valence-corrected chi connectivity index (χ4v) is 1.99. The summed E-state index contributed by atoms with van der Waals surface area (Å²) < 4.78 is 5.15. The molecule has 0 aliphatic heterocycles. The Hall–Kier alpha value is -3.09. The summed E-state index contributed by atoms with van der Waals surface area (Å²) in [6.07, 6.45) is 2.76.